The molecule has 9 heteroatoms. The highest BCUT2D eigenvalue weighted by Gasteiger charge is 2.11. The number of alkyl halides is 2. The second-order valence-electron chi connectivity index (χ2n) is 2.67. The standard InChI is InChI=1S/C7H7F3N2O3S/c8-5-3-4(12-16(11,13)14)1-2-6(5)15-7(9)10/h1-3,7,12H,(H2,11,13,14). The summed E-state index contributed by atoms with van der Waals surface area (Å²) in [6.45, 7) is -3.16. The van der Waals surface area contributed by atoms with Gasteiger partial charge in [0.2, 0.25) is 0 Å². The van der Waals surface area contributed by atoms with Crippen molar-refractivity contribution in [3.63, 3.8) is 0 Å². The van der Waals surface area contributed by atoms with Gasteiger partial charge in [0.05, 0.1) is 5.69 Å². The summed E-state index contributed by atoms with van der Waals surface area (Å²) in [4.78, 5) is 0. The summed E-state index contributed by atoms with van der Waals surface area (Å²) in [6.07, 6.45) is 0. The maximum absolute atomic E-state index is 13.1. The summed E-state index contributed by atoms with van der Waals surface area (Å²) in [5.41, 5.74) is -0.193. The van der Waals surface area contributed by atoms with Crippen LogP contribution in [0, 0.1) is 5.82 Å². The van der Waals surface area contributed by atoms with Crippen LogP contribution < -0.4 is 14.6 Å². The SMILES string of the molecule is NS(=O)(=O)Nc1ccc(OC(F)F)c(F)c1. The van der Waals surface area contributed by atoms with E-state index in [4.69, 9.17) is 0 Å². The molecule has 0 unspecified atom stereocenters. The van der Waals surface area contributed by atoms with E-state index in [1.54, 1.807) is 4.72 Å². The maximum Gasteiger partial charge on any atom is 0.387 e. The summed E-state index contributed by atoms with van der Waals surface area (Å²) in [6, 6.07) is 2.56. The van der Waals surface area contributed by atoms with Gasteiger partial charge in [0, 0.05) is 6.07 Å². The first kappa shape index (κ1) is 12.6. The largest absolute Gasteiger partial charge is 0.432 e. The van der Waals surface area contributed by atoms with Crippen LogP contribution in [0.1, 0.15) is 0 Å². The fourth-order valence-electron chi connectivity index (χ4n) is 0.920. The molecule has 0 spiro atoms. The van der Waals surface area contributed by atoms with E-state index in [1.807, 2.05) is 0 Å². The minimum atomic E-state index is -4.04. The molecular weight excluding hydrogens is 249 g/mol. The van der Waals surface area contributed by atoms with Crippen LogP contribution in [-0.2, 0) is 10.2 Å². The third kappa shape index (κ3) is 3.95. The second kappa shape index (κ2) is 4.58. The van der Waals surface area contributed by atoms with E-state index in [2.05, 4.69) is 9.88 Å². The van der Waals surface area contributed by atoms with E-state index >= 15 is 0 Å². The highest BCUT2D eigenvalue weighted by atomic mass is 32.2. The van der Waals surface area contributed by atoms with Crippen molar-refractivity contribution in [3.05, 3.63) is 24.0 Å². The van der Waals surface area contributed by atoms with Gasteiger partial charge < -0.3 is 4.74 Å². The van der Waals surface area contributed by atoms with E-state index in [1.165, 1.54) is 0 Å². The monoisotopic (exact) mass is 256 g/mol. The summed E-state index contributed by atoms with van der Waals surface area (Å²) >= 11 is 0. The van der Waals surface area contributed by atoms with E-state index in [9.17, 15) is 21.6 Å². The van der Waals surface area contributed by atoms with Crippen LogP contribution in [0.4, 0.5) is 18.9 Å². The third-order valence-electron chi connectivity index (χ3n) is 1.41. The van der Waals surface area contributed by atoms with Crippen LogP contribution in [0.2, 0.25) is 0 Å². The topological polar surface area (TPSA) is 81.4 Å². The van der Waals surface area contributed by atoms with Gasteiger partial charge in [-0.25, -0.2) is 9.53 Å². The Bertz CT molecular complexity index is 478. The minimum Gasteiger partial charge on any atom is -0.432 e. The molecule has 1 aromatic carbocycles. The van der Waals surface area contributed by atoms with Crippen molar-refractivity contribution in [3.8, 4) is 5.75 Å². The molecule has 3 N–H and O–H groups in total. The maximum atomic E-state index is 13.1. The average molecular weight is 256 g/mol. The highest BCUT2D eigenvalue weighted by molar-refractivity contribution is 7.90. The first-order valence-corrected chi connectivity index (χ1v) is 5.37. The van der Waals surface area contributed by atoms with Crippen LogP contribution >= 0.6 is 0 Å². The van der Waals surface area contributed by atoms with Crippen molar-refractivity contribution >= 4 is 15.9 Å². The summed E-state index contributed by atoms with van der Waals surface area (Å²) in [5, 5.41) is 4.62. The molecule has 1 rings (SSSR count). The van der Waals surface area contributed by atoms with E-state index < -0.39 is 28.4 Å². The van der Waals surface area contributed by atoms with Gasteiger partial charge in [-0.15, -0.1) is 0 Å². The van der Waals surface area contributed by atoms with Gasteiger partial charge in [-0.1, -0.05) is 0 Å². The van der Waals surface area contributed by atoms with Gasteiger partial charge in [0.1, 0.15) is 0 Å². The van der Waals surface area contributed by atoms with Gasteiger partial charge in [0.25, 0.3) is 10.2 Å². The molecule has 0 aliphatic carbocycles. The van der Waals surface area contributed by atoms with Gasteiger partial charge in [-0.3, -0.25) is 4.72 Å². The number of halogens is 3. The number of hydrogen-bond acceptors (Lipinski definition) is 3. The van der Waals surface area contributed by atoms with Gasteiger partial charge >= 0.3 is 6.61 Å². The molecule has 0 aromatic heterocycles. The quantitative estimate of drug-likeness (QED) is 0.844. The average Bonchev–Trinajstić information content (AvgIpc) is 2.06. The molecule has 90 valence electrons. The van der Waals surface area contributed by atoms with Gasteiger partial charge in [-0.2, -0.15) is 17.2 Å². The van der Waals surface area contributed by atoms with Crippen molar-refractivity contribution in [2.24, 2.45) is 5.14 Å². The van der Waals surface area contributed by atoms with E-state index in [0.717, 1.165) is 12.1 Å². The Morgan fingerprint density at radius 2 is 2.00 bits per heavy atom. The molecule has 0 atom stereocenters. The van der Waals surface area contributed by atoms with Crippen LogP contribution in [0.3, 0.4) is 0 Å². The van der Waals surface area contributed by atoms with Crippen molar-refractivity contribution in [1.29, 1.82) is 0 Å². The molecule has 1 aromatic rings. The molecular formula is C7H7F3N2O3S. The smallest absolute Gasteiger partial charge is 0.387 e. The van der Waals surface area contributed by atoms with Gasteiger partial charge in [-0.05, 0) is 12.1 Å². The number of rotatable bonds is 4. The minimum absolute atomic E-state index is 0.193. The van der Waals surface area contributed by atoms with Crippen molar-refractivity contribution in [2.75, 3.05) is 4.72 Å². The number of hydrogen-bond donors (Lipinski definition) is 2. The Labute approximate surface area is 89.2 Å². The zero-order valence-electron chi connectivity index (χ0n) is 7.65. The molecule has 0 fully saturated rings. The van der Waals surface area contributed by atoms with E-state index in [-0.39, 0.29) is 5.69 Å². The number of nitrogens with one attached hydrogen (secondary N) is 1. The van der Waals surface area contributed by atoms with Crippen LogP contribution in [-0.4, -0.2) is 15.0 Å². The molecule has 0 amide bonds. The summed E-state index contributed by atoms with van der Waals surface area (Å²) < 4.78 is 63.3. The normalized spacial score (nSPS) is 11.6. The Morgan fingerprint density at radius 3 is 2.44 bits per heavy atom. The molecule has 0 bridgehead atoms. The Hall–Kier alpha value is -1.48. The first-order chi connectivity index (χ1) is 7.28. The van der Waals surface area contributed by atoms with Gasteiger partial charge in [0.15, 0.2) is 11.6 Å². The van der Waals surface area contributed by atoms with Crippen molar-refractivity contribution in [1.82, 2.24) is 0 Å². The van der Waals surface area contributed by atoms with Crippen LogP contribution in [0.15, 0.2) is 18.2 Å². The predicted octanol–water partition coefficient (Wildman–Crippen LogP) is 1.04. The molecule has 0 saturated carbocycles. The zero-order valence-corrected chi connectivity index (χ0v) is 8.47. The number of benzene rings is 1. The zero-order chi connectivity index (χ0) is 12.3. The fraction of sp³-hybridized carbons (Fsp3) is 0.143. The molecule has 0 heterocycles. The molecule has 0 radical (unpaired) electrons. The van der Waals surface area contributed by atoms with Crippen molar-refractivity contribution < 1.29 is 26.3 Å². The fourth-order valence-corrected chi connectivity index (χ4v) is 1.38. The lowest BCUT2D eigenvalue weighted by molar-refractivity contribution is -0.0521. The molecule has 16 heavy (non-hydrogen) atoms. The Morgan fingerprint density at radius 1 is 1.38 bits per heavy atom. The highest BCUT2D eigenvalue weighted by Crippen LogP contribution is 2.22. The second-order valence-corrected chi connectivity index (χ2v) is 3.96. The lowest BCUT2D eigenvalue weighted by Crippen LogP contribution is -2.21. The lowest BCUT2D eigenvalue weighted by Gasteiger charge is -2.07. The van der Waals surface area contributed by atoms with Crippen LogP contribution in [0.5, 0.6) is 5.75 Å². The first-order valence-electron chi connectivity index (χ1n) is 3.83. The number of nitrogens with two attached hydrogens (primary N) is 1. The summed E-state index contributed by atoms with van der Waals surface area (Å²) in [5.74, 6) is -1.82. The van der Waals surface area contributed by atoms with Crippen molar-refractivity contribution in [2.45, 2.75) is 6.61 Å². The number of ether oxygens (including phenoxy) is 1. The molecule has 0 aliphatic rings. The summed E-state index contributed by atoms with van der Waals surface area (Å²) in [7, 11) is -4.04. The molecule has 0 aliphatic heterocycles. The predicted molar refractivity (Wildman–Crippen MR) is 49.8 cm³/mol. The van der Waals surface area contributed by atoms with Crippen LogP contribution in [0.25, 0.3) is 0 Å². The Balaban J connectivity index is 2.91. The molecule has 0 saturated heterocycles. The lowest BCUT2D eigenvalue weighted by atomic mass is 10.3. The Kier molecular flexibility index (Phi) is 3.60. The third-order valence-corrected chi connectivity index (χ3v) is 1.93. The molecule has 5 nitrogen and oxygen atoms in total. The van der Waals surface area contributed by atoms with E-state index in [0.29, 0.717) is 6.07 Å². The number of anilines is 1.